The molecule has 2 heterocycles. The lowest BCUT2D eigenvalue weighted by Gasteiger charge is -2.26. The number of anilines is 1. The number of pyridine rings is 1. The van der Waals surface area contributed by atoms with Gasteiger partial charge in [-0.3, -0.25) is 9.36 Å². The lowest BCUT2D eigenvalue weighted by Crippen LogP contribution is -2.29. The molecule has 2 aromatic rings. The summed E-state index contributed by atoms with van der Waals surface area (Å²) in [7, 11) is 0. The first-order valence-corrected chi connectivity index (χ1v) is 8.02. The van der Waals surface area contributed by atoms with Crippen molar-refractivity contribution in [1.82, 2.24) is 14.5 Å². The topological polar surface area (TPSA) is 100 Å². The van der Waals surface area contributed by atoms with E-state index in [0.717, 1.165) is 31.1 Å². The van der Waals surface area contributed by atoms with Crippen LogP contribution in [-0.2, 0) is 6.54 Å². The first-order chi connectivity index (χ1) is 11.0. The molecule has 124 valence electrons. The summed E-state index contributed by atoms with van der Waals surface area (Å²) < 4.78 is 1.47. The molecular formula is C16H22N4O3. The Bertz CT molecular complexity index is 736. The fourth-order valence-corrected chi connectivity index (χ4v) is 2.98. The van der Waals surface area contributed by atoms with Gasteiger partial charge >= 0.3 is 0 Å². The Morgan fingerprint density at radius 2 is 2.09 bits per heavy atom. The molecule has 0 saturated heterocycles. The summed E-state index contributed by atoms with van der Waals surface area (Å²) in [5, 5.41) is 23.2. The second kappa shape index (κ2) is 6.64. The SMILES string of the molecule is C[C@H](O)Cn1c(=O)ccc2cnc(NC3CCC(O)CC3)nc21. The molecule has 1 fully saturated rings. The molecule has 0 amide bonds. The zero-order valence-corrected chi connectivity index (χ0v) is 13.1. The average Bonchev–Trinajstić information content (AvgIpc) is 2.52. The minimum atomic E-state index is -0.635. The summed E-state index contributed by atoms with van der Waals surface area (Å²) in [5.41, 5.74) is 0.329. The number of hydrogen-bond donors (Lipinski definition) is 3. The predicted octanol–water partition coefficient (Wildman–Crippen LogP) is 0.888. The van der Waals surface area contributed by atoms with E-state index in [2.05, 4.69) is 15.3 Å². The molecule has 0 spiro atoms. The molecule has 7 heteroatoms. The molecule has 1 atom stereocenters. The van der Waals surface area contributed by atoms with Crippen LogP contribution in [0.5, 0.6) is 0 Å². The molecule has 2 aromatic heterocycles. The monoisotopic (exact) mass is 318 g/mol. The van der Waals surface area contributed by atoms with Crippen molar-refractivity contribution in [2.24, 2.45) is 0 Å². The molecule has 1 aliphatic rings. The second-order valence-electron chi connectivity index (χ2n) is 6.25. The summed E-state index contributed by atoms with van der Waals surface area (Å²) in [6, 6.07) is 3.39. The van der Waals surface area contributed by atoms with E-state index < -0.39 is 6.10 Å². The Morgan fingerprint density at radius 1 is 1.35 bits per heavy atom. The highest BCUT2D eigenvalue weighted by Crippen LogP contribution is 2.21. The van der Waals surface area contributed by atoms with Crippen LogP contribution >= 0.6 is 0 Å². The van der Waals surface area contributed by atoms with E-state index >= 15 is 0 Å². The number of aliphatic hydroxyl groups is 2. The Kier molecular flexibility index (Phi) is 4.58. The van der Waals surface area contributed by atoms with Crippen molar-refractivity contribution in [3.63, 3.8) is 0 Å². The van der Waals surface area contributed by atoms with Crippen molar-refractivity contribution in [1.29, 1.82) is 0 Å². The van der Waals surface area contributed by atoms with Crippen LogP contribution in [0.15, 0.2) is 23.1 Å². The van der Waals surface area contributed by atoms with Crippen LogP contribution in [0.1, 0.15) is 32.6 Å². The van der Waals surface area contributed by atoms with Crippen LogP contribution < -0.4 is 10.9 Å². The van der Waals surface area contributed by atoms with E-state index in [0.29, 0.717) is 11.6 Å². The molecule has 0 bridgehead atoms. The summed E-state index contributed by atoms with van der Waals surface area (Å²) in [6.45, 7) is 1.83. The maximum absolute atomic E-state index is 12.0. The Balaban J connectivity index is 1.89. The van der Waals surface area contributed by atoms with E-state index in [1.807, 2.05) is 0 Å². The van der Waals surface area contributed by atoms with Gasteiger partial charge < -0.3 is 15.5 Å². The quantitative estimate of drug-likeness (QED) is 0.774. The summed E-state index contributed by atoms with van der Waals surface area (Å²) in [6.07, 6.45) is 4.14. The Labute approximate surface area is 134 Å². The lowest BCUT2D eigenvalue weighted by molar-refractivity contribution is 0.126. The molecule has 7 nitrogen and oxygen atoms in total. The molecule has 3 N–H and O–H groups in total. The summed E-state index contributed by atoms with van der Waals surface area (Å²) in [5.74, 6) is 0.476. The van der Waals surface area contributed by atoms with Crippen molar-refractivity contribution in [2.75, 3.05) is 5.32 Å². The van der Waals surface area contributed by atoms with Crippen LogP contribution in [-0.4, -0.2) is 43.0 Å². The minimum absolute atomic E-state index is 0.191. The van der Waals surface area contributed by atoms with E-state index in [4.69, 9.17) is 0 Å². The normalized spacial score (nSPS) is 22.9. The lowest BCUT2D eigenvalue weighted by atomic mass is 9.93. The van der Waals surface area contributed by atoms with Crippen molar-refractivity contribution < 1.29 is 10.2 Å². The number of rotatable bonds is 4. The minimum Gasteiger partial charge on any atom is -0.393 e. The van der Waals surface area contributed by atoms with Crippen LogP contribution in [0.3, 0.4) is 0 Å². The molecular weight excluding hydrogens is 296 g/mol. The Hall–Kier alpha value is -1.99. The fourth-order valence-electron chi connectivity index (χ4n) is 2.98. The predicted molar refractivity (Wildman–Crippen MR) is 87.4 cm³/mol. The van der Waals surface area contributed by atoms with Gasteiger partial charge in [0.25, 0.3) is 5.56 Å². The van der Waals surface area contributed by atoms with Gasteiger partial charge in [-0.25, -0.2) is 4.98 Å². The first kappa shape index (κ1) is 15.9. The highest BCUT2D eigenvalue weighted by atomic mass is 16.3. The first-order valence-electron chi connectivity index (χ1n) is 8.02. The van der Waals surface area contributed by atoms with Gasteiger partial charge in [0, 0.05) is 23.7 Å². The molecule has 0 aromatic carbocycles. The highest BCUT2D eigenvalue weighted by Gasteiger charge is 2.20. The van der Waals surface area contributed by atoms with E-state index in [-0.39, 0.29) is 24.2 Å². The van der Waals surface area contributed by atoms with Gasteiger partial charge in [0.2, 0.25) is 5.95 Å². The van der Waals surface area contributed by atoms with Gasteiger partial charge in [0.1, 0.15) is 5.65 Å². The molecule has 3 rings (SSSR count). The van der Waals surface area contributed by atoms with Gasteiger partial charge in [-0.05, 0) is 38.7 Å². The number of fused-ring (bicyclic) bond motifs is 1. The molecule has 0 radical (unpaired) electrons. The maximum atomic E-state index is 12.0. The van der Waals surface area contributed by atoms with Gasteiger partial charge in [0.05, 0.1) is 18.8 Å². The number of aromatic nitrogens is 3. The van der Waals surface area contributed by atoms with Crippen LogP contribution in [0, 0.1) is 0 Å². The van der Waals surface area contributed by atoms with Gasteiger partial charge in [-0.2, -0.15) is 4.98 Å². The largest absolute Gasteiger partial charge is 0.393 e. The van der Waals surface area contributed by atoms with Gasteiger partial charge in [-0.1, -0.05) is 0 Å². The maximum Gasteiger partial charge on any atom is 0.252 e. The van der Waals surface area contributed by atoms with Crippen LogP contribution in [0.25, 0.3) is 11.0 Å². The summed E-state index contributed by atoms with van der Waals surface area (Å²) in [4.78, 5) is 20.8. The number of nitrogens with one attached hydrogen (secondary N) is 1. The van der Waals surface area contributed by atoms with Crippen molar-refractivity contribution >= 4 is 17.0 Å². The smallest absolute Gasteiger partial charge is 0.252 e. The second-order valence-corrected chi connectivity index (χ2v) is 6.25. The third-order valence-electron chi connectivity index (χ3n) is 4.20. The fraction of sp³-hybridized carbons (Fsp3) is 0.562. The molecule has 1 aliphatic carbocycles. The molecule has 23 heavy (non-hydrogen) atoms. The van der Waals surface area contributed by atoms with E-state index in [1.54, 1.807) is 19.2 Å². The van der Waals surface area contributed by atoms with Gasteiger partial charge in [-0.15, -0.1) is 0 Å². The molecule has 0 aliphatic heterocycles. The average molecular weight is 318 g/mol. The highest BCUT2D eigenvalue weighted by molar-refractivity contribution is 5.75. The summed E-state index contributed by atoms with van der Waals surface area (Å²) >= 11 is 0. The Morgan fingerprint density at radius 3 is 2.78 bits per heavy atom. The van der Waals surface area contributed by atoms with Gasteiger partial charge in [0.15, 0.2) is 0 Å². The van der Waals surface area contributed by atoms with E-state index in [1.165, 1.54) is 10.6 Å². The van der Waals surface area contributed by atoms with Crippen LogP contribution in [0.2, 0.25) is 0 Å². The zero-order valence-electron chi connectivity index (χ0n) is 13.1. The molecule has 0 unspecified atom stereocenters. The standard InChI is InChI=1S/C16H22N4O3/c1-10(21)9-20-14(23)7-2-11-8-17-16(19-15(11)20)18-12-3-5-13(22)6-4-12/h2,7-8,10,12-13,21-22H,3-6,9H2,1H3,(H,17,18,19)/t10-,12?,13?/m0/s1. The van der Waals surface area contributed by atoms with Crippen molar-refractivity contribution in [2.45, 2.75) is 57.4 Å². The van der Waals surface area contributed by atoms with Crippen molar-refractivity contribution in [3.8, 4) is 0 Å². The third-order valence-corrected chi connectivity index (χ3v) is 4.20. The molecule has 1 saturated carbocycles. The third kappa shape index (κ3) is 3.68. The zero-order chi connectivity index (χ0) is 16.4. The number of aliphatic hydroxyl groups excluding tert-OH is 2. The number of nitrogens with zero attached hydrogens (tertiary/aromatic N) is 3. The van der Waals surface area contributed by atoms with Crippen molar-refractivity contribution in [3.05, 3.63) is 28.7 Å². The number of hydrogen-bond acceptors (Lipinski definition) is 6. The van der Waals surface area contributed by atoms with Crippen LogP contribution in [0.4, 0.5) is 5.95 Å². The van der Waals surface area contributed by atoms with E-state index in [9.17, 15) is 15.0 Å².